The van der Waals surface area contributed by atoms with Crippen molar-refractivity contribution < 1.29 is 19.1 Å². The monoisotopic (exact) mass is 292 g/mol. The van der Waals surface area contributed by atoms with E-state index in [9.17, 15) is 9.59 Å². The van der Waals surface area contributed by atoms with Crippen LogP contribution in [-0.2, 0) is 20.7 Å². The van der Waals surface area contributed by atoms with Crippen LogP contribution in [0.3, 0.4) is 0 Å². The molecule has 0 spiro atoms. The molecule has 0 radical (unpaired) electrons. The summed E-state index contributed by atoms with van der Waals surface area (Å²) < 4.78 is 10.3. The van der Waals surface area contributed by atoms with E-state index < -0.39 is 0 Å². The van der Waals surface area contributed by atoms with Crippen molar-refractivity contribution in [3.05, 3.63) is 29.8 Å². The van der Waals surface area contributed by atoms with Crippen molar-refractivity contribution in [2.75, 3.05) is 7.11 Å². The van der Waals surface area contributed by atoms with Crippen molar-refractivity contribution in [1.82, 2.24) is 0 Å². The zero-order chi connectivity index (χ0) is 15.7. The molecule has 1 aromatic rings. The maximum atomic E-state index is 12.0. The minimum atomic E-state index is -0.323. The van der Waals surface area contributed by atoms with Crippen LogP contribution in [0.25, 0.3) is 0 Å². The first-order chi connectivity index (χ1) is 10.0. The number of benzene rings is 1. The maximum absolute atomic E-state index is 12.0. The molecule has 0 N–H and O–H groups in total. The van der Waals surface area contributed by atoms with Gasteiger partial charge in [0.15, 0.2) is 0 Å². The van der Waals surface area contributed by atoms with Gasteiger partial charge in [-0.3, -0.25) is 9.59 Å². The molecule has 4 nitrogen and oxygen atoms in total. The largest absolute Gasteiger partial charge is 0.497 e. The smallest absolute Gasteiger partial charge is 0.302 e. The first-order valence-electron chi connectivity index (χ1n) is 7.37. The van der Waals surface area contributed by atoms with Crippen LogP contribution in [0.4, 0.5) is 0 Å². The summed E-state index contributed by atoms with van der Waals surface area (Å²) in [6, 6.07) is 7.69. The third kappa shape index (κ3) is 6.93. The Kier molecular flexibility index (Phi) is 7.51. The van der Waals surface area contributed by atoms with Gasteiger partial charge in [0, 0.05) is 19.8 Å². The van der Waals surface area contributed by atoms with Crippen LogP contribution in [0.15, 0.2) is 24.3 Å². The number of esters is 1. The predicted octanol–water partition coefficient (Wildman–Crippen LogP) is 3.32. The van der Waals surface area contributed by atoms with Crippen LogP contribution < -0.4 is 4.74 Å². The Bertz CT molecular complexity index is 450. The quantitative estimate of drug-likeness (QED) is 0.655. The first-order valence-corrected chi connectivity index (χ1v) is 7.37. The summed E-state index contributed by atoms with van der Waals surface area (Å²) in [4.78, 5) is 23.0. The van der Waals surface area contributed by atoms with E-state index in [1.54, 1.807) is 7.11 Å². The molecule has 1 aromatic carbocycles. The zero-order valence-electron chi connectivity index (χ0n) is 13.1. The minimum absolute atomic E-state index is 0.130. The van der Waals surface area contributed by atoms with Gasteiger partial charge in [-0.15, -0.1) is 0 Å². The van der Waals surface area contributed by atoms with Crippen LogP contribution in [0.5, 0.6) is 5.75 Å². The van der Waals surface area contributed by atoms with E-state index in [4.69, 9.17) is 9.47 Å². The number of carbonyl (C=O) groups excluding carboxylic acids is 2. The van der Waals surface area contributed by atoms with E-state index in [1.807, 2.05) is 31.2 Å². The van der Waals surface area contributed by atoms with Gasteiger partial charge >= 0.3 is 5.97 Å². The van der Waals surface area contributed by atoms with Gasteiger partial charge in [0.25, 0.3) is 0 Å². The Balaban J connectivity index is 2.42. The van der Waals surface area contributed by atoms with Gasteiger partial charge in [0.05, 0.1) is 7.11 Å². The van der Waals surface area contributed by atoms with Gasteiger partial charge in [-0.2, -0.15) is 0 Å². The fraction of sp³-hybridized carbons (Fsp3) is 0.529. The Morgan fingerprint density at radius 2 is 1.86 bits per heavy atom. The van der Waals surface area contributed by atoms with Crippen molar-refractivity contribution in [3.8, 4) is 5.75 Å². The lowest BCUT2D eigenvalue weighted by Crippen LogP contribution is -2.20. The molecule has 0 aliphatic rings. The van der Waals surface area contributed by atoms with Crippen LogP contribution in [0, 0.1) is 0 Å². The highest BCUT2D eigenvalue weighted by Gasteiger charge is 2.15. The number of Topliss-reactive ketones (excluding diaryl/α,β-unsaturated/α-hetero) is 1. The molecule has 1 atom stereocenters. The highest BCUT2D eigenvalue weighted by Crippen LogP contribution is 2.14. The van der Waals surface area contributed by atoms with Crippen LogP contribution in [0.2, 0.25) is 0 Å². The minimum Gasteiger partial charge on any atom is -0.497 e. The highest BCUT2D eigenvalue weighted by atomic mass is 16.5. The number of hydrogen-bond donors (Lipinski definition) is 0. The topological polar surface area (TPSA) is 52.6 Å². The van der Waals surface area contributed by atoms with Crippen molar-refractivity contribution in [2.24, 2.45) is 0 Å². The molecule has 0 aliphatic heterocycles. The zero-order valence-corrected chi connectivity index (χ0v) is 13.1. The van der Waals surface area contributed by atoms with Gasteiger partial charge in [-0.25, -0.2) is 0 Å². The van der Waals surface area contributed by atoms with Gasteiger partial charge < -0.3 is 9.47 Å². The molecule has 0 saturated carbocycles. The fourth-order valence-electron chi connectivity index (χ4n) is 2.19. The molecule has 0 heterocycles. The van der Waals surface area contributed by atoms with Crippen molar-refractivity contribution in [3.63, 3.8) is 0 Å². The lowest BCUT2D eigenvalue weighted by atomic mass is 10.0. The molecule has 0 bridgehead atoms. The molecule has 21 heavy (non-hydrogen) atoms. The lowest BCUT2D eigenvalue weighted by molar-refractivity contribution is -0.147. The Labute approximate surface area is 126 Å². The number of aryl methyl sites for hydroxylation is 1. The summed E-state index contributed by atoms with van der Waals surface area (Å²) in [5.41, 5.74) is 1.10. The number of ether oxygens (including phenoxy) is 2. The third-order valence-corrected chi connectivity index (χ3v) is 3.25. The number of methoxy groups -OCH3 is 1. The molecular weight excluding hydrogens is 268 g/mol. The van der Waals surface area contributed by atoms with E-state index in [0.717, 1.165) is 24.2 Å². The van der Waals surface area contributed by atoms with E-state index in [-0.39, 0.29) is 17.9 Å². The first kappa shape index (κ1) is 17.2. The molecule has 1 rings (SSSR count). The summed E-state index contributed by atoms with van der Waals surface area (Å²) >= 11 is 0. The molecule has 0 aromatic heterocycles. The molecular formula is C17H24O4. The average Bonchev–Trinajstić information content (AvgIpc) is 2.45. The molecule has 4 heteroatoms. The highest BCUT2D eigenvalue weighted by molar-refractivity contribution is 5.79. The van der Waals surface area contributed by atoms with Gasteiger partial charge in [-0.05, 0) is 30.5 Å². The number of ketones is 1. The average molecular weight is 292 g/mol. The van der Waals surface area contributed by atoms with Crippen LogP contribution in [0.1, 0.15) is 45.1 Å². The Morgan fingerprint density at radius 3 is 2.38 bits per heavy atom. The van der Waals surface area contributed by atoms with Crippen molar-refractivity contribution >= 4 is 11.8 Å². The van der Waals surface area contributed by atoms with Gasteiger partial charge in [0.1, 0.15) is 17.6 Å². The van der Waals surface area contributed by atoms with E-state index >= 15 is 0 Å². The number of carbonyl (C=O) groups is 2. The molecule has 116 valence electrons. The second kappa shape index (κ2) is 9.16. The van der Waals surface area contributed by atoms with Crippen LogP contribution >= 0.6 is 0 Å². The summed E-state index contributed by atoms with van der Waals surface area (Å²) in [7, 11) is 1.63. The SMILES string of the molecule is CCCC(CC(=O)CCc1ccc(OC)cc1)OC(C)=O. The van der Waals surface area contributed by atoms with Gasteiger partial charge in [0.2, 0.25) is 0 Å². The molecule has 0 amide bonds. The number of hydrogen-bond acceptors (Lipinski definition) is 4. The van der Waals surface area contributed by atoms with E-state index in [0.29, 0.717) is 19.3 Å². The normalized spacial score (nSPS) is 11.8. The van der Waals surface area contributed by atoms with E-state index in [1.165, 1.54) is 6.92 Å². The summed E-state index contributed by atoms with van der Waals surface area (Å²) in [5, 5.41) is 0. The summed E-state index contributed by atoms with van der Waals surface area (Å²) in [6.45, 7) is 3.39. The Hall–Kier alpha value is -1.84. The fourth-order valence-corrected chi connectivity index (χ4v) is 2.19. The van der Waals surface area contributed by atoms with E-state index in [2.05, 4.69) is 0 Å². The second-order valence-electron chi connectivity index (χ2n) is 5.11. The van der Waals surface area contributed by atoms with Gasteiger partial charge in [-0.1, -0.05) is 25.5 Å². The second-order valence-corrected chi connectivity index (χ2v) is 5.11. The standard InChI is InChI=1S/C17H24O4/c1-4-5-17(21-13(2)18)12-15(19)9-6-14-7-10-16(20-3)11-8-14/h7-8,10-11,17H,4-6,9,12H2,1-3H3. The maximum Gasteiger partial charge on any atom is 0.302 e. The summed E-state index contributed by atoms with van der Waals surface area (Å²) in [5.74, 6) is 0.616. The summed E-state index contributed by atoms with van der Waals surface area (Å²) in [6.07, 6.45) is 2.81. The number of rotatable bonds is 9. The van der Waals surface area contributed by atoms with Crippen molar-refractivity contribution in [2.45, 2.75) is 52.1 Å². The van der Waals surface area contributed by atoms with Crippen molar-refractivity contribution in [1.29, 1.82) is 0 Å². The Morgan fingerprint density at radius 1 is 1.19 bits per heavy atom. The van der Waals surface area contributed by atoms with Crippen LogP contribution in [-0.4, -0.2) is 25.0 Å². The molecule has 0 fully saturated rings. The third-order valence-electron chi connectivity index (χ3n) is 3.25. The lowest BCUT2D eigenvalue weighted by Gasteiger charge is -2.15. The molecule has 1 unspecified atom stereocenters. The molecule has 0 aliphatic carbocycles. The molecule has 0 saturated heterocycles. The predicted molar refractivity (Wildman–Crippen MR) is 81.4 cm³/mol.